The number of nitrogens with two attached hydrogens (primary N) is 1. The van der Waals surface area contributed by atoms with Crippen molar-refractivity contribution in [3.63, 3.8) is 0 Å². The number of nitrogen functional groups attached to an aromatic ring is 1. The van der Waals surface area contributed by atoms with Gasteiger partial charge in [0.2, 0.25) is 5.95 Å². The van der Waals surface area contributed by atoms with Crippen molar-refractivity contribution >= 4 is 29.1 Å². The average molecular weight is 334 g/mol. The molecule has 1 saturated heterocycles. The fourth-order valence-corrected chi connectivity index (χ4v) is 2.94. The number of anilines is 3. The van der Waals surface area contributed by atoms with Crippen LogP contribution in [-0.2, 0) is 0 Å². The summed E-state index contributed by atoms with van der Waals surface area (Å²) in [5.41, 5.74) is 6.81. The third-order valence-corrected chi connectivity index (χ3v) is 4.00. The van der Waals surface area contributed by atoms with Crippen molar-refractivity contribution in [3.8, 4) is 5.75 Å². The minimum Gasteiger partial charge on any atom is -0.492 e. The van der Waals surface area contributed by atoms with Crippen molar-refractivity contribution in [3.05, 3.63) is 35.5 Å². The maximum absolute atomic E-state index is 5.96. The predicted octanol–water partition coefficient (Wildman–Crippen LogP) is 2.44. The van der Waals surface area contributed by atoms with E-state index in [1.807, 2.05) is 25.1 Å². The summed E-state index contributed by atoms with van der Waals surface area (Å²) in [5, 5.41) is 0.372. The number of piperazine rings is 1. The van der Waals surface area contributed by atoms with Crippen LogP contribution in [0.1, 0.15) is 6.92 Å². The Morgan fingerprint density at radius 3 is 2.52 bits per heavy atom. The summed E-state index contributed by atoms with van der Waals surface area (Å²) >= 11 is 5.96. The van der Waals surface area contributed by atoms with Gasteiger partial charge in [0.25, 0.3) is 0 Å². The first-order valence-electron chi connectivity index (χ1n) is 7.69. The molecule has 7 heteroatoms. The highest BCUT2D eigenvalue weighted by atomic mass is 35.5. The second-order valence-corrected chi connectivity index (χ2v) is 5.67. The van der Waals surface area contributed by atoms with Crippen LogP contribution in [0, 0.1) is 0 Å². The Balaban J connectivity index is 1.71. The molecule has 2 aromatic rings. The molecule has 0 amide bonds. The molecule has 1 fully saturated rings. The molecule has 2 heterocycles. The van der Waals surface area contributed by atoms with Gasteiger partial charge in [-0.05, 0) is 19.1 Å². The van der Waals surface area contributed by atoms with Crippen LogP contribution in [0.3, 0.4) is 0 Å². The SMILES string of the molecule is CCOc1ccccc1N1CCN(c2cc(Cl)nc(N)n2)CC1. The molecule has 0 bridgehead atoms. The molecule has 1 aromatic heterocycles. The Morgan fingerprint density at radius 2 is 1.83 bits per heavy atom. The van der Waals surface area contributed by atoms with Crippen LogP contribution in [0.5, 0.6) is 5.75 Å². The maximum Gasteiger partial charge on any atom is 0.223 e. The Labute approximate surface area is 140 Å². The molecule has 0 saturated carbocycles. The predicted molar refractivity (Wildman–Crippen MR) is 93.5 cm³/mol. The lowest BCUT2D eigenvalue weighted by Crippen LogP contribution is -2.47. The normalized spacial score (nSPS) is 14.9. The van der Waals surface area contributed by atoms with Gasteiger partial charge in [-0.2, -0.15) is 4.98 Å². The second-order valence-electron chi connectivity index (χ2n) is 5.28. The number of halogens is 1. The highest BCUT2D eigenvalue weighted by Crippen LogP contribution is 2.29. The van der Waals surface area contributed by atoms with E-state index in [0.29, 0.717) is 11.8 Å². The standard InChI is InChI=1S/C16H20ClN5O/c1-2-23-13-6-4-3-5-12(13)21-7-9-22(10-8-21)15-11-14(17)19-16(18)20-15/h3-6,11H,2,7-10H2,1H3,(H2,18,19,20). The summed E-state index contributed by atoms with van der Waals surface area (Å²) in [6, 6.07) is 9.89. The average Bonchev–Trinajstić information content (AvgIpc) is 2.55. The minimum absolute atomic E-state index is 0.205. The lowest BCUT2D eigenvalue weighted by atomic mass is 10.2. The molecule has 1 aliphatic rings. The van der Waals surface area contributed by atoms with E-state index < -0.39 is 0 Å². The van der Waals surface area contributed by atoms with Crippen molar-refractivity contribution in [1.29, 1.82) is 0 Å². The smallest absolute Gasteiger partial charge is 0.223 e. The minimum atomic E-state index is 0.205. The molecule has 0 aliphatic carbocycles. The first-order valence-corrected chi connectivity index (χ1v) is 8.07. The van der Waals surface area contributed by atoms with Crippen molar-refractivity contribution in [2.75, 3.05) is 48.3 Å². The molecular weight excluding hydrogens is 314 g/mol. The van der Waals surface area contributed by atoms with Crippen LogP contribution in [-0.4, -0.2) is 42.8 Å². The number of hydrogen-bond donors (Lipinski definition) is 1. The van der Waals surface area contributed by atoms with Gasteiger partial charge < -0.3 is 20.3 Å². The quantitative estimate of drug-likeness (QED) is 0.867. The molecule has 2 N–H and O–H groups in total. The van der Waals surface area contributed by atoms with E-state index in [1.165, 1.54) is 0 Å². The molecule has 0 atom stereocenters. The fraction of sp³-hybridized carbons (Fsp3) is 0.375. The molecule has 6 nitrogen and oxygen atoms in total. The van der Waals surface area contributed by atoms with Crippen molar-refractivity contribution in [2.45, 2.75) is 6.92 Å². The summed E-state index contributed by atoms with van der Waals surface area (Å²) in [5.74, 6) is 1.91. The van der Waals surface area contributed by atoms with Gasteiger partial charge in [-0.25, -0.2) is 4.98 Å². The van der Waals surface area contributed by atoms with Gasteiger partial charge >= 0.3 is 0 Å². The molecule has 1 aliphatic heterocycles. The van der Waals surface area contributed by atoms with E-state index >= 15 is 0 Å². The topological polar surface area (TPSA) is 67.5 Å². The number of benzene rings is 1. The highest BCUT2D eigenvalue weighted by Gasteiger charge is 2.21. The van der Waals surface area contributed by atoms with Gasteiger partial charge in [-0.1, -0.05) is 23.7 Å². The zero-order valence-corrected chi connectivity index (χ0v) is 13.8. The van der Waals surface area contributed by atoms with Gasteiger partial charge in [0, 0.05) is 32.2 Å². The Morgan fingerprint density at radius 1 is 1.13 bits per heavy atom. The Kier molecular flexibility index (Phi) is 4.71. The molecule has 0 radical (unpaired) electrons. The van der Waals surface area contributed by atoms with Crippen molar-refractivity contribution in [2.24, 2.45) is 0 Å². The van der Waals surface area contributed by atoms with Crippen LogP contribution < -0.4 is 20.3 Å². The number of ether oxygens (including phenoxy) is 1. The van der Waals surface area contributed by atoms with Gasteiger partial charge in [-0.15, -0.1) is 0 Å². The summed E-state index contributed by atoms with van der Waals surface area (Å²) in [7, 11) is 0. The van der Waals surface area contributed by atoms with Gasteiger partial charge in [0.05, 0.1) is 12.3 Å². The number of hydrogen-bond acceptors (Lipinski definition) is 6. The summed E-state index contributed by atoms with van der Waals surface area (Å²) < 4.78 is 5.72. The van der Waals surface area contributed by atoms with E-state index in [1.54, 1.807) is 6.07 Å². The van der Waals surface area contributed by atoms with E-state index in [0.717, 1.165) is 43.4 Å². The van der Waals surface area contributed by atoms with E-state index in [9.17, 15) is 0 Å². The highest BCUT2D eigenvalue weighted by molar-refractivity contribution is 6.29. The monoisotopic (exact) mass is 333 g/mol. The third-order valence-electron chi connectivity index (χ3n) is 3.81. The van der Waals surface area contributed by atoms with Gasteiger partial charge in [0.1, 0.15) is 16.7 Å². The van der Waals surface area contributed by atoms with E-state index in [2.05, 4.69) is 25.8 Å². The van der Waals surface area contributed by atoms with Crippen LogP contribution >= 0.6 is 11.6 Å². The zero-order chi connectivity index (χ0) is 16.2. The second kappa shape index (κ2) is 6.91. The molecule has 1 aromatic carbocycles. The fourth-order valence-electron chi connectivity index (χ4n) is 2.76. The largest absolute Gasteiger partial charge is 0.492 e. The molecule has 0 spiro atoms. The van der Waals surface area contributed by atoms with Crippen LogP contribution in [0.15, 0.2) is 30.3 Å². The van der Waals surface area contributed by atoms with Crippen LogP contribution in [0.4, 0.5) is 17.5 Å². The van der Waals surface area contributed by atoms with E-state index in [4.69, 9.17) is 22.1 Å². The van der Waals surface area contributed by atoms with Gasteiger partial charge in [0.15, 0.2) is 0 Å². The molecule has 23 heavy (non-hydrogen) atoms. The number of aromatic nitrogens is 2. The van der Waals surface area contributed by atoms with Crippen molar-refractivity contribution < 1.29 is 4.74 Å². The van der Waals surface area contributed by atoms with E-state index in [-0.39, 0.29) is 5.95 Å². The van der Waals surface area contributed by atoms with Gasteiger partial charge in [-0.3, -0.25) is 0 Å². The zero-order valence-electron chi connectivity index (χ0n) is 13.1. The van der Waals surface area contributed by atoms with Crippen LogP contribution in [0.25, 0.3) is 0 Å². The number of para-hydroxylation sites is 2. The van der Waals surface area contributed by atoms with Crippen LogP contribution in [0.2, 0.25) is 5.15 Å². The lowest BCUT2D eigenvalue weighted by Gasteiger charge is -2.37. The molecule has 3 rings (SSSR count). The molecule has 122 valence electrons. The lowest BCUT2D eigenvalue weighted by molar-refractivity contribution is 0.340. The number of rotatable bonds is 4. The maximum atomic E-state index is 5.96. The molecular formula is C16H20ClN5O. The summed E-state index contributed by atoms with van der Waals surface area (Å²) in [4.78, 5) is 12.7. The summed E-state index contributed by atoms with van der Waals surface area (Å²) in [6.45, 7) is 6.10. The third kappa shape index (κ3) is 3.59. The Bertz CT molecular complexity index is 653. The molecule has 0 unspecified atom stereocenters. The Hall–Kier alpha value is -2.21. The first kappa shape index (κ1) is 15.7. The summed E-state index contributed by atoms with van der Waals surface area (Å²) in [6.07, 6.45) is 0. The van der Waals surface area contributed by atoms with Crippen molar-refractivity contribution in [1.82, 2.24) is 9.97 Å². The number of nitrogens with zero attached hydrogens (tertiary/aromatic N) is 4. The first-order chi connectivity index (χ1) is 11.2.